The third-order valence-corrected chi connectivity index (χ3v) is 4.49. The van der Waals surface area contributed by atoms with Crippen molar-refractivity contribution in [3.05, 3.63) is 30.1 Å². The first-order valence-corrected chi connectivity index (χ1v) is 7.95. The Hall–Kier alpha value is -1.84. The van der Waals surface area contributed by atoms with E-state index in [0.717, 1.165) is 23.3 Å². The molecule has 21 heavy (non-hydrogen) atoms. The van der Waals surface area contributed by atoms with E-state index >= 15 is 0 Å². The maximum Gasteiger partial charge on any atom is 0.220 e. The Labute approximate surface area is 125 Å². The Morgan fingerprint density at radius 3 is 2.95 bits per heavy atom. The van der Waals surface area contributed by atoms with Crippen LogP contribution in [0.25, 0.3) is 11.0 Å². The van der Waals surface area contributed by atoms with E-state index in [0.29, 0.717) is 24.8 Å². The summed E-state index contributed by atoms with van der Waals surface area (Å²) in [6.07, 6.45) is 6.06. The van der Waals surface area contributed by atoms with Gasteiger partial charge in [-0.1, -0.05) is 31.9 Å². The molecule has 0 bridgehead atoms. The maximum atomic E-state index is 12.1. The first-order valence-electron chi connectivity index (χ1n) is 7.95. The normalized spacial score (nSPS) is 22.3. The lowest BCUT2D eigenvalue weighted by Gasteiger charge is -2.29. The van der Waals surface area contributed by atoms with Gasteiger partial charge in [-0.05, 0) is 30.9 Å². The summed E-state index contributed by atoms with van der Waals surface area (Å²) in [5.41, 5.74) is 2.00. The number of aryl methyl sites for hydroxylation is 1. The molecule has 4 nitrogen and oxygen atoms in total. The minimum absolute atomic E-state index is 0.147. The number of amides is 1. The second-order valence-electron chi connectivity index (χ2n) is 6.14. The SMILES string of the molecule is C[C@@H]1CCCC[C@@H]1NC(=O)CCc1nc2ccccc2[nH]1. The molecule has 1 amide bonds. The average Bonchev–Trinajstić information content (AvgIpc) is 2.90. The van der Waals surface area contributed by atoms with Crippen LogP contribution in [0.2, 0.25) is 0 Å². The quantitative estimate of drug-likeness (QED) is 0.906. The van der Waals surface area contributed by atoms with Crippen molar-refractivity contribution >= 4 is 16.9 Å². The van der Waals surface area contributed by atoms with E-state index in [1.807, 2.05) is 24.3 Å². The predicted octanol–water partition coefficient (Wildman–Crippen LogP) is 3.19. The zero-order valence-corrected chi connectivity index (χ0v) is 12.6. The fourth-order valence-corrected chi connectivity index (χ4v) is 3.17. The number of nitrogens with zero attached hydrogens (tertiary/aromatic N) is 1. The van der Waals surface area contributed by atoms with Gasteiger partial charge in [-0.15, -0.1) is 0 Å². The summed E-state index contributed by atoms with van der Waals surface area (Å²) in [5.74, 6) is 1.64. The topological polar surface area (TPSA) is 57.8 Å². The number of H-pyrrole nitrogens is 1. The minimum Gasteiger partial charge on any atom is -0.353 e. The molecule has 2 aromatic rings. The molecule has 4 heteroatoms. The summed E-state index contributed by atoms with van der Waals surface area (Å²) in [5, 5.41) is 3.19. The molecule has 1 aliphatic rings. The van der Waals surface area contributed by atoms with Crippen LogP contribution in [0.4, 0.5) is 0 Å². The van der Waals surface area contributed by atoms with E-state index in [9.17, 15) is 4.79 Å². The van der Waals surface area contributed by atoms with Gasteiger partial charge in [-0.25, -0.2) is 4.98 Å². The zero-order valence-electron chi connectivity index (χ0n) is 12.6. The number of rotatable bonds is 4. The van der Waals surface area contributed by atoms with Gasteiger partial charge < -0.3 is 10.3 Å². The van der Waals surface area contributed by atoms with Crippen molar-refractivity contribution in [3.63, 3.8) is 0 Å². The third-order valence-electron chi connectivity index (χ3n) is 4.49. The van der Waals surface area contributed by atoms with Crippen molar-refractivity contribution in [1.29, 1.82) is 0 Å². The van der Waals surface area contributed by atoms with E-state index < -0.39 is 0 Å². The van der Waals surface area contributed by atoms with Crippen molar-refractivity contribution < 1.29 is 4.79 Å². The van der Waals surface area contributed by atoms with Crippen LogP contribution >= 0.6 is 0 Å². The molecule has 1 aromatic carbocycles. The monoisotopic (exact) mass is 285 g/mol. The second kappa shape index (κ2) is 6.29. The molecule has 0 spiro atoms. The van der Waals surface area contributed by atoms with Gasteiger partial charge in [0.05, 0.1) is 11.0 Å². The number of fused-ring (bicyclic) bond motifs is 1. The summed E-state index contributed by atoms with van der Waals surface area (Å²) in [6.45, 7) is 2.24. The van der Waals surface area contributed by atoms with Crippen molar-refractivity contribution in [1.82, 2.24) is 15.3 Å². The number of aromatic nitrogens is 2. The Balaban J connectivity index is 1.53. The largest absolute Gasteiger partial charge is 0.353 e. The Morgan fingerprint density at radius 2 is 2.14 bits per heavy atom. The van der Waals surface area contributed by atoms with Gasteiger partial charge in [0, 0.05) is 18.9 Å². The molecule has 0 unspecified atom stereocenters. The van der Waals surface area contributed by atoms with Crippen molar-refractivity contribution in [2.75, 3.05) is 0 Å². The highest BCUT2D eigenvalue weighted by atomic mass is 16.1. The van der Waals surface area contributed by atoms with Crippen LogP contribution in [0.5, 0.6) is 0 Å². The lowest BCUT2D eigenvalue weighted by atomic mass is 9.86. The number of benzene rings is 1. The smallest absolute Gasteiger partial charge is 0.220 e. The number of hydrogen-bond donors (Lipinski definition) is 2. The highest BCUT2D eigenvalue weighted by molar-refractivity contribution is 5.77. The lowest BCUT2D eigenvalue weighted by Crippen LogP contribution is -2.41. The number of aromatic amines is 1. The van der Waals surface area contributed by atoms with E-state index in [1.165, 1.54) is 19.3 Å². The number of carbonyl (C=O) groups is 1. The van der Waals surface area contributed by atoms with E-state index in [4.69, 9.17) is 0 Å². The van der Waals surface area contributed by atoms with Gasteiger partial charge in [0.2, 0.25) is 5.91 Å². The van der Waals surface area contributed by atoms with Crippen LogP contribution in [0, 0.1) is 5.92 Å². The highest BCUT2D eigenvalue weighted by Crippen LogP contribution is 2.23. The third kappa shape index (κ3) is 3.43. The Bertz CT molecular complexity index is 586. The van der Waals surface area contributed by atoms with Crippen LogP contribution in [-0.2, 0) is 11.2 Å². The summed E-state index contributed by atoms with van der Waals surface area (Å²) in [7, 11) is 0. The number of carbonyl (C=O) groups excluding carboxylic acids is 1. The van der Waals surface area contributed by atoms with E-state index in [1.54, 1.807) is 0 Å². The summed E-state index contributed by atoms with van der Waals surface area (Å²) in [4.78, 5) is 19.9. The first kappa shape index (κ1) is 14.1. The molecule has 1 aliphatic carbocycles. The van der Waals surface area contributed by atoms with Crippen LogP contribution in [0.15, 0.2) is 24.3 Å². The first-order chi connectivity index (χ1) is 10.2. The molecule has 1 aromatic heterocycles. The molecule has 1 heterocycles. The summed E-state index contributed by atoms with van der Waals surface area (Å²) >= 11 is 0. The summed E-state index contributed by atoms with van der Waals surface area (Å²) in [6, 6.07) is 8.32. The molecule has 1 fully saturated rings. The summed E-state index contributed by atoms with van der Waals surface area (Å²) < 4.78 is 0. The number of para-hydroxylation sites is 2. The molecule has 2 atom stereocenters. The van der Waals surface area contributed by atoms with Crippen molar-refractivity contribution in [2.24, 2.45) is 5.92 Å². The van der Waals surface area contributed by atoms with Crippen LogP contribution in [-0.4, -0.2) is 21.9 Å². The average molecular weight is 285 g/mol. The van der Waals surface area contributed by atoms with Gasteiger partial charge in [0.15, 0.2) is 0 Å². The molecule has 3 rings (SSSR count). The highest BCUT2D eigenvalue weighted by Gasteiger charge is 2.22. The molecule has 2 N–H and O–H groups in total. The van der Waals surface area contributed by atoms with Gasteiger partial charge >= 0.3 is 0 Å². The molecule has 0 aliphatic heterocycles. The van der Waals surface area contributed by atoms with E-state index in [-0.39, 0.29) is 5.91 Å². The van der Waals surface area contributed by atoms with E-state index in [2.05, 4.69) is 22.2 Å². The maximum absolute atomic E-state index is 12.1. The van der Waals surface area contributed by atoms with Gasteiger partial charge in [0.1, 0.15) is 5.82 Å². The standard InChI is InChI=1S/C17H23N3O/c1-12-6-2-3-7-13(12)20-17(21)11-10-16-18-14-8-4-5-9-15(14)19-16/h4-5,8-9,12-13H,2-3,6-7,10-11H2,1H3,(H,18,19)(H,20,21)/t12-,13+/m1/s1. The van der Waals surface area contributed by atoms with Crippen molar-refractivity contribution in [2.45, 2.75) is 51.5 Å². The van der Waals surface area contributed by atoms with Crippen molar-refractivity contribution in [3.8, 4) is 0 Å². The fourth-order valence-electron chi connectivity index (χ4n) is 3.17. The minimum atomic E-state index is 0.147. The molecule has 0 saturated heterocycles. The van der Waals surface area contributed by atoms with Gasteiger partial charge in [-0.2, -0.15) is 0 Å². The van der Waals surface area contributed by atoms with Gasteiger partial charge in [-0.3, -0.25) is 4.79 Å². The van der Waals surface area contributed by atoms with Crippen LogP contribution in [0.1, 0.15) is 44.9 Å². The zero-order chi connectivity index (χ0) is 14.7. The Morgan fingerprint density at radius 1 is 1.33 bits per heavy atom. The predicted molar refractivity (Wildman–Crippen MR) is 84.0 cm³/mol. The molecular weight excluding hydrogens is 262 g/mol. The van der Waals surface area contributed by atoms with Crippen LogP contribution in [0.3, 0.4) is 0 Å². The second-order valence-corrected chi connectivity index (χ2v) is 6.14. The number of imidazole rings is 1. The van der Waals surface area contributed by atoms with Crippen LogP contribution < -0.4 is 5.32 Å². The fraction of sp³-hybridized carbons (Fsp3) is 0.529. The molecule has 1 saturated carbocycles. The number of nitrogens with one attached hydrogen (secondary N) is 2. The molecule has 112 valence electrons. The molecule has 0 radical (unpaired) electrons. The molecular formula is C17H23N3O. The van der Waals surface area contributed by atoms with Gasteiger partial charge in [0.25, 0.3) is 0 Å². The lowest BCUT2D eigenvalue weighted by molar-refractivity contribution is -0.122. The Kier molecular flexibility index (Phi) is 4.23. The number of hydrogen-bond acceptors (Lipinski definition) is 2.